The second kappa shape index (κ2) is 7.96. The maximum absolute atomic E-state index is 9.11. The normalized spacial score (nSPS) is 12.6. The van der Waals surface area contributed by atoms with Gasteiger partial charge in [-0.2, -0.15) is 0 Å². The van der Waals surface area contributed by atoms with Crippen molar-refractivity contribution in [2.75, 3.05) is 13.2 Å². The second-order valence-corrected chi connectivity index (χ2v) is 5.49. The maximum Gasteiger partial charge on any atom is 0.0445 e. The highest BCUT2D eigenvalue weighted by Gasteiger charge is 2.12. The Labute approximate surface area is 128 Å². The summed E-state index contributed by atoms with van der Waals surface area (Å²) in [4.78, 5) is 2.40. The van der Waals surface area contributed by atoms with Gasteiger partial charge in [-0.15, -0.1) is 0 Å². The van der Waals surface area contributed by atoms with Crippen LogP contribution in [0.15, 0.2) is 54.6 Å². The molecular weight excluding hydrogens is 258 g/mol. The van der Waals surface area contributed by atoms with Gasteiger partial charge in [0, 0.05) is 19.2 Å². The highest BCUT2D eigenvalue weighted by Crippen LogP contribution is 2.21. The van der Waals surface area contributed by atoms with Gasteiger partial charge in [0.1, 0.15) is 0 Å². The number of rotatable bonds is 7. The van der Waals surface area contributed by atoms with E-state index in [2.05, 4.69) is 67.3 Å². The lowest BCUT2D eigenvalue weighted by atomic mass is 10.0. The van der Waals surface area contributed by atoms with Gasteiger partial charge >= 0.3 is 0 Å². The van der Waals surface area contributed by atoms with Crippen LogP contribution in [0.2, 0.25) is 0 Å². The van der Waals surface area contributed by atoms with Gasteiger partial charge in [0.15, 0.2) is 0 Å². The Kier molecular flexibility index (Phi) is 5.97. The van der Waals surface area contributed by atoms with E-state index in [9.17, 15) is 0 Å². The quantitative estimate of drug-likeness (QED) is 0.832. The molecule has 0 amide bonds. The van der Waals surface area contributed by atoms with Gasteiger partial charge < -0.3 is 5.11 Å². The summed E-state index contributed by atoms with van der Waals surface area (Å²) in [5.41, 5.74) is 3.84. The van der Waals surface area contributed by atoms with Crippen LogP contribution in [0.4, 0.5) is 0 Å². The predicted octanol–water partition coefficient (Wildman–Crippen LogP) is 3.95. The zero-order valence-corrected chi connectivity index (χ0v) is 13.0. The summed E-state index contributed by atoms with van der Waals surface area (Å²) in [6.45, 7) is 6.53. The van der Waals surface area contributed by atoms with E-state index < -0.39 is 0 Å². The lowest BCUT2D eigenvalue weighted by Crippen LogP contribution is -2.33. The van der Waals surface area contributed by atoms with E-state index in [0.717, 1.165) is 19.5 Å². The fourth-order valence-corrected chi connectivity index (χ4v) is 2.66. The number of aliphatic hydroxyl groups excluding tert-OH is 1. The van der Waals surface area contributed by atoms with E-state index in [4.69, 9.17) is 5.11 Å². The fraction of sp³-hybridized carbons (Fsp3) is 0.368. The van der Waals surface area contributed by atoms with Crippen LogP contribution >= 0.6 is 0 Å². The average molecular weight is 283 g/mol. The molecule has 0 fully saturated rings. The van der Waals surface area contributed by atoms with Crippen molar-refractivity contribution in [1.82, 2.24) is 4.90 Å². The van der Waals surface area contributed by atoms with Crippen LogP contribution in [-0.4, -0.2) is 29.2 Å². The van der Waals surface area contributed by atoms with Crippen LogP contribution in [-0.2, 0) is 6.54 Å². The number of nitrogens with zero attached hydrogens (tertiary/aromatic N) is 1. The number of hydrogen-bond donors (Lipinski definition) is 1. The van der Waals surface area contributed by atoms with Crippen molar-refractivity contribution in [1.29, 1.82) is 0 Å². The van der Waals surface area contributed by atoms with Crippen LogP contribution < -0.4 is 0 Å². The molecule has 0 spiro atoms. The summed E-state index contributed by atoms with van der Waals surface area (Å²) >= 11 is 0. The van der Waals surface area contributed by atoms with Crippen LogP contribution in [0.3, 0.4) is 0 Å². The first-order valence-corrected chi connectivity index (χ1v) is 7.74. The van der Waals surface area contributed by atoms with Gasteiger partial charge in [-0.05, 0) is 42.6 Å². The molecule has 0 saturated carbocycles. The SMILES string of the molecule is CCN(Cc1cccc(-c2ccccc2)c1)C(C)CCO. The number of benzene rings is 2. The number of hydrogen-bond acceptors (Lipinski definition) is 2. The third-order valence-electron chi connectivity index (χ3n) is 4.00. The summed E-state index contributed by atoms with van der Waals surface area (Å²) in [5, 5.41) is 9.11. The molecule has 1 N–H and O–H groups in total. The van der Waals surface area contributed by atoms with Crippen LogP contribution in [0.25, 0.3) is 11.1 Å². The zero-order valence-electron chi connectivity index (χ0n) is 13.0. The van der Waals surface area contributed by atoms with Gasteiger partial charge in [0.25, 0.3) is 0 Å². The highest BCUT2D eigenvalue weighted by molar-refractivity contribution is 5.63. The van der Waals surface area contributed by atoms with Crippen molar-refractivity contribution >= 4 is 0 Å². The van der Waals surface area contributed by atoms with E-state index in [1.807, 2.05) is 6.07 Å². The Balaban J connectivity index is 2.14. The van der Waals surface area contributed by atoms with E-state index in [1.165, 1.54) is 16.7 Å². The molecule has 0 saturated heterocycles. The standard InChI is InChI=1S/C19H25NO/c1-3-20(16(2)12-13-21)15-17-8-7-11-19(14-17)18-9-5-4-6-10-18/h4-11,14,16,21H,3,12-13,15H2,1-2H3. The van der Waals surface area contributed by atoms with Crippen LogP contribution in [0.1, 0.15) is 25.8 Å². The fourth-order valence-electron chi connectivity index (χ4n) is 2.66. The van der Waals surface area contributed by atoms with Crippen LogP contribution in [0.5, 0.6) is 0 Å². The Morgan fingerprint density at radius 1 is 1.00 bits per heavy atom. The Bertz CT molecular complexity index is 538. The lowest BCUT2D eigenvalue weighted by Gasteiger charge is -2.27. The summed E-state index contributed by atoms with van der Waals surface area (Å²) in [7, 11) is 0. The molecule has 1 atom stereocenters. The molecule has 2 nitrogen and oxygen atoms in total. The van der Waals surface area contributed by atoms with Gasteiger partial charge in [0.05, 0.1) is 0 Å². The Morgan fingerprint density at radius 2 is 1.71 bits per heavy atom. The summed E-state index contributed by atoms with van der Waals surface area (Å²) < 4.78 is 0. The Morgan fingerprint density at radius 3 is 2.38 bits per heavy atom. The zero-order chi connectivity index (χ0) is 15.1. The Hall–Kier alpha value is -1.64. The topological polar surface area (TPSA) is 23.5 Å². The van der Waals surface area contributed by atoms with E-state index in [0.29, 0.717) is 6.04 Å². The molecule has 0 bridgehead atoms. The largest absolute Gasteiger partial charge is 0.396 e. The van der Waals surface area contributed by atoms with Gasteiger partial charge in [-0.1, -0.05) is 55.5 Å². The van der Waals surface area contributed by atoms with Crippen molar-refractivity contribution in [3.63, 3.8) is 0 Å². The first-order valence-electron chi connectivity index (χ1n) is 7.74. The highest BCUT2D eigenvalue weighted by atomic mass is 16.3. The smallest absolute Gasteiger partial charge is 0.0445 e. The van der Waals surface area contributed by atoms with Gasteiger partial charge in [-0.25, -0.2) is 0 Å². The lowest BCUT2D eigenvalue weighted by molar-refractivity contribution is 0.167. The van der Waals surface area contributed by atoms with Crippen molar-refractivity contribution < 1.29 is 5.11 Å². The molecule has 2 rings (SSSR count). The molecule has 0 aliphatic rings. The van der Waals surface area contributed by atoms with Gasteiger partial charge in [0.2, 0.25) is 0 Å². The molecule has 0 heterocycles. The van der Waals surface area contributed by atoms with Crippen molar-refractivity contribution in [2.24, 2.45) is 0 Å². The summed E-state index contributed by atoms with van der Waals surface area (Å²) in [5.74, 6) is 0. The minimum atomic E-state index is 0.252. The summed E-state index contributed by atoms with van der Waals surface area (Å²) in [6.07, 6.45) is 0.826. The molecule has 0 aromatic heterocycles. The molecule has 112 valence electrons. The molecule has 21 heavy (non-hydrogen) atoms. The first-order chi connectivity index (χ1) is 10.2. The van der Waals surface area contributed by atoms with Gasteiger partial charge in [-0.3, -0.25) is 4.90 Å². The first kappa shape index (κ1) is 15.7. The third-order valence-corrected chi connectivity index (χ3v) is 4.00. The maximum atomic E-state index is 9.11. The van der Waals surface area contributed by atoms with E-state index in [1.54, 1.807) is 0 Å². The minimum absolute atomic E-state index is 0.252. The molecule has 2 heteroatoms. The molecule has 1 unspecified atom stereocenters. The van der Waals surface area contributed by atoms with Crippen molar-refractivity contribution in [3.05, 3.63) is 60.2 Å². The minimum Gasteiger partial charge on any atom is -0.396 e. The molecule has 2 aromatic rings. The van der Waals surface area contributed by atoms with Crippen LogP contribution in [0, 0.1) is 0 Å². The molecule has 2 aromatic carbocycles. The summed E-state index contributed by atoms with van der Waals surface area (Å²) in [6, 6.07) is 19.6. The third kappa shape index (κ3) is 4.42. The van der Waals surface area contributed by atoms with Crippen molar-refractivity contribution in [3.8, 4) is 11.1 Å². The predicted molar refractivity (Wildman–Crippen MR) is 89.1 cm³/mol. The molecule has 0 aliphatic carbocycles. The molecule has 0 aliphatic heterocycles. The molecular formula is C19H25NO. The van der Waals surface area contributed by atoms with E-state index >= 15 is 0 Å². The van der Waals surface area contributed by atoms with E-state index in [-0.39, 0.29) is 6.61 Å². The number of aliphatic hydroxyl groups is 1. The molecule has 0 radical (unpaired) electrons. The monoisotopic (exact) mass is 283 g/mol. The van der Waals surface area contributed by atoms with Crippen molar-refractivity contribution in [2.45, 2.75) is 32.9 Å². The average Bonchev–Trinajstić information content (AvgIpc) is 2.54. The second-order valence-electron chi connectivity index (χ2n) is 5.49.